The van der Waals surface area contributed by atoms with Gasteiger partial charge in [0.1, 0.15) is 5.82 Å². The summed E-state index contributed by atoms with van der Waals surface area (Å²) in [5, 5.41) is 3.41. The van der Waals surface area contributed by atoms with Crippen molar-refractivity contribution in [3.05, 3.63) is 29.8 Å². The Hall–Kier alpha value is -0.960. The third-order valence-corrected chi connectivity index (χ3v) is 2.85. The number of rotatable bonds is 7. The molecule has 0 bridgehead atoms. The molecule has 1 unspecified atom stereocenters. The molecule has 3 heteroatoms. The van der Waals surface area contributed by atoms with E-state index >= 15 is 0 Å². The van der Waals surface area contributed by atoms with Crippen LogP contribution in [0.15, 0.2) is 18.3 Å². The van der Waals surface area contributed by atoms with Gasteiger partial charge in [0.2, 0.25) is 0 Å². The van der Waals surface area contributed by atoms with E-state index in [1.54, 1.807) is 6.07 Å². The normalized spacial score (nSPS) is 13.0. The van der Waals surface area contributed by atoms with Gasteiger partial charge in [-0.3, -0.25) is 4.98 Å². The van der Waals surface area contributed by atoms with Crippen LogP contribution in [0.3, 0.4) is 0 Å². The first-order chi connectivity index (χ1) is 8.09. The van der Waals surface area contributed by atoms with Crippen LogP contribution in [0.2, 0.25) is 0 Å². The molecule has 0 saturated carbocycles. The Kier molecular flexibility index (Phi) is 6.12. The van der Waals surface area contributed by atoms with Crippen LogP contribution in [0.1, 0.15) is 51.8 Å². The summed E-state index contributed by atoms with van der Waals surface area (Å²) in [5.74, 6) is 0.504. The highest BCUT2D eigenvalue weighted by Gasteiger charge is 2.05. The lowest BCUT2D eigenvalue weighted by Gasteiger charge is -2.13. The van der Waals surface area contributed by atoms with Crippen LogP contribution in [-0.2, 0) is 0 Å². The molecule has 0 aliphatic rings. The molecule has 0 fully saturated rings. The molecule has 1 N–H and O–H groups in total. The van der Waals surface area contributed by atoms with Crippen molar-refractivity contribution in [1.82, 2.24) is 10.3 Å². The van der Waals surface area contributed by atoms with Crippen molar-refractivity contribution in [3.8, 4) is 0 Å². The zero-order valence-corrected chi connectivity index (χ0v) is 11.0. The fourth-order valence-corrected chi connectivity index (χ4v) is 1.74. The van der Waals surface area contributed by atoms with Crippen LogP contribution >= 0.6 is 0 Å². The molecule has 1 heterocycles. The molecule has 1 aromatic heterocycles. The van der Waals surface area contributed by atoms with Crippen molar-refractivity contribution in [2.24, 2.45) is 5.92 Å². The average Bonchev–Trinajstić information content (AvgIpc) is 2.29. The van der Waals surface area contributed by atoms with Crippen LogP contribution in [0.25, 0.3) is 0 Å². The molecule has 0 aliphatic heterocycles. The fraction of sp³-hybridized carbons (Fsp3) is 0.643. The maximum Gasteiger partial charge on any atom is 0.141 e. The number of pyridine rings is 1. The summed E-state index contributed by atoms with van der Waals surface area (Å²) in [6, 6.07) is 3.38. The first-order valence-corrected chi connectivity index (χ1v) is 6.44. The third kappa shape index (κ3) is 5.78. The second kappa shape index (κ2) is 7.38. The van der Waals surface area contributed by atoms with E-state index < -0.39 is 0 Å². The highest BCUT2D eigenvalue weighted by Crippen LogP contribution is 2.10. The molecule has 1 aromatic rings. The molecule has 0 amide bonds. The second-order valence-electron chi connectivity index (χ2n) is 4.97. The number of aromatic nitrogens is 1. The van der Waals surface area contributed by atoms with Gasteiger partial charge in [0, 0.05) is 6.04 Å². The molecular formula is C14H23FN2. The average molecular weight is 238 g/mol. The zero-order chi connectivity index (χ0) is 12.7. The molecule has 0 radical (unpaired) electrons. The van der Waals surface area contributed by atoms with Crippen LogP contribution in [-0.4, -0.2) is 11.5 Å². The summed E-state index contributed by atoms with van der Waals surface area (Å²) in [4.78, 5) is 4.07. The van der Waals surface area contributed by atoms with Gasteiger partial charge in [-0.05, 0) is 37.9 Å². The van der Waals surface area contributed by atoms with E-state index in [0.29, 0.717) is 0 Å². The van der Waals surface area contributed by atoms with Crippen LogP contribution in [0.4, 0.5) is 4.39 Å². The van der Waals surface area contributed by atoms with Gasteiger partial charge in [-0.1, -0.05) is 26.7 Å². The summed E-state index contributed by atoms with van der Waals surface area (Å²) in [7, 11) is 0. The van der Waals surface area contributed by atoms with Crippen LogP contribution in [0, 0.1) is 11.7 Å². The van der Waals surface area contributed by atoms with Gasteiger partial charge in [-0.15, -0.1) is 0 Å². The number of unbranched alkanes of at least 4 members (excludes halogenated alkanes) is 1. The number of nitrogens with one attached hydrogen (secondary N) is 1. The minimum absolute atomic E-state index is 0.189. The largest absolute Gasteiger partial charge is 0.309 e. The maximum atomic E-state index is 12.7. The Morgan fingerprint density at radius 1 is 1.24 bits per heavy atom. The van der Waals surface area contributed by atoms with E-state index in [4.69, 9.17) is 0 Å². The van der Waals surface area contributed by atoms with Gasteiger partial charge >= 0.3 is 0 Å². The van der Waals surface area contributed by atoms with Crippen LogP contribution < -0.4 is 5.32 Å². The molecule has 2 nitrogen and oxygen atoms in total. The number of nitrogens with zero attached hydrogens (tertiary/aromatic N) is 1. The van der Waals surface area contributed by atoms with Crippen molar-refractivity contribution < 1.29 is 4.39 Å². The minimum Gasteiger partial charge on any atom is -0.309 e. The number of hydrogen-bond donors (Lipinski definition) is 1. The Morgan fingerprint density at radius 2 is 2.00 bits per heavy atom. The molecule has 1 atom stereocenters. The highest BCUT2D eigenvalue weighted by atomic mass is 19.1. The van der Waals surface area contributed by atoms with Gasteiger partial charge in [0.15, 0.2) is 0 Å². The molecule has 0 spiro atoms. The molecule has 0 aromatic carbocycles. The highest BCUT2D eigenvalue weighted by molar-refractivity contribution is 5.08. The minimum atomic E-state index is -0.280. The summed E-state index contributed by atoms with van der Waals surface area (Å²) >= 11 is 0. The van der Waals surface area contributed by atoms with E-state index in [1.165, 1.54) is 31.5 Å². The number of hydrogen-bond acceptors (Lipinski definition) is 2. The standard InChI is InChI=1S/C14H23FN2/c1-11(2)6-4-5-9-16-12(3)14-8-7-13(15)10-17-14/h7-8,10-12,16H,4-6,9H2,1-3H3. The first-order valence-electron chi connectivity index (χ1n) is 6.44. The lowest BCUT2D eigenvalue weighted by molar-refractivity contribution is 0.493. The van der Waals surface area contributed by atoms with E-state index in [1.807, 2.05) is 0 Å². The van der Waals surface area contributed by atoms with Crippen molar-refractivity contribution in [2.45, 2.75) is 46.1 Å². The SMILES string of the molecule is CC(C)CCCCNC(C)c1ccc(F)cn1. The van der Waals surface area contributed by atoms with Crippen molar-refractivity contribution in [1.29, 1.82) is 0 Å². The van der Waals surface area contributed by atoms with E-state index in [2.05, 4.69) is 31.1 Å². The van der Waals surface area contributed by atoms with Gasteiger partial charge in [0.25, 0.3) is 0 Å². The quantitative estimate of drug-likeness (QED) is 0.733. The van der Waals surface area contributed by atoms with E-state index in [0.717, 1.165) is 18.2 Å². The predicted octanol–water partition coefficient (Wildman–Crippen LogP) is 3.70. The Balaban J connectivity index is 2.21. The second-order valence-corrected chi connectivity index (χ2v) is 4.97. The fourth-order valence-electron chi connectivity index (χ4n) is 1.74. The third-order valence-electron chi connectivity index (χ3n) is 2.85. The Morgan fingerprint density at radius 3 is 2.59 bits per heavy atom. The molecule has 0 aliphatic carbocycles. The summed E-state index contributed by atoms with van der Waals surface area (Å²) in [6.07, 6.45) is 5.00. The first kappa shape index (κ1) is 14.1. The maximum absolute atomic E-state index is 12.7. The van der Waals surface area contributed by atoms with Crippen molar-refractivity contribution in [3.63, 3.8) is 0 Å². The summed E-state index contributed by atoms with van der Waals surface area (Å²) < 4.78 is 12.7. The monoisotopic (exact) mass is 238 g/mol. The Labute approximate surface area is 104 Å². The molecule has 1 rings (SSSR count). The summed E-state index contributed by atoms with van der Waals surface area (Å²) in [5.41, 5.74) is 0.898. The van der Waals surface area contributed by atoms with Crippen molar-refractivity contribution >= 4 is 0 Å². The molecule has 96 valence electrons. The van der Waals surface area contributed by atoms with E-state index in [9.17, 15) is 4.39 Å². The molecule has 0 saturated heterocycles. The van der Waals surface area contributed by atoms with Gasteiger partial charge in [0.05, 0.1) is 11.9 Å². The van der Waals surface area contributed by atoms with Crippen LogP contribution in [0.5, 0.6) is 0 Å². The predicted molar refractivity (Wildman–Crippen MR) is 69.3 cm³/mol. The lowest BCUT2D eigenvalue weighted by Crippen LogP contribution is -2.20. The summed E-state index contributed by atoms with van der Waals surface area (Å²) in [6.45, 7) is 7.55. The number of halogens is 1. The molecule has 17 heavy (non-hydrogen) atoms. The van der Waals surface area contributed by atoms with Gasteiger partial charge in [-0.25, -0.2) is 4.39 Å². The zero-order valence-electron chi connectivity index (χ0n) is 11.0. The lowest BCUT2D eigenvalue weighted by atomic mass is 10.1. The van der Waals surface area contributed by atoms with Gasteiger partial charge < -0.3 is 5.32 Å². The van der Waals surface area contributed by atoms with Crippen molar-refractivity contribution in [2.75, 3.05) is 6.54 Å². The topological polar surface area (TPSA) is 24.9 Å². The van der Waals surface area contributed by atoms with E-state index in [-0.39, 0.29) is 11.9 Å². The smallest absolute Gasteiger partial charge is 0.141 e. The van der Waals surface area contributed by atoms with Gasteiger partial charge in [-0.2, -0.15) is 0 Å². The molecular weight excluding hydrogens is 215 g/mol. The Bertz CT molecular complexity index is 309.